The Hall–Kier alpha value is -3.61. The van der Waals surface area contributed by atoms with Crippen LogP contribution in [0.1, 0.15) is 45.6 Å². The van der Waals surface area contributed by atoms with Crippen molar-refractivity contribution in [3.63, 3.8) is 0 Å². The molecular formula is C30H22ClFN2O2S. The summed E-state index contributed by atoms with van der Waals surface area (Å²) in [6, 6.07) is 24.1. The van der Waals surface area contributed by atoms with Crippen LogP contribution in [-0.4, -0.2) is 17.4 Å². The Morgan fingerprint density at radius 2 is 1.65 bits per heavy atom. The summed E-state index contributed by atoms with van der Waals surface area (Å²) in [5, 5.41) is 2.50. The number of nitrogens with zero attached hydrogens (tertiary/aromatic N) is 2. The van der Waals surface area contributed by atoms with Gasteiger partial charge in [-0.15, -0.1) is 11.3 Å². The van der Waals surface area contributed by atoms with Crippen LogP contribution in [0.2, 0.25) is 5.02 Å². The van der Waals surface area contributed by atoms with Crippen molar-refractivity contribution in [2.45, 2.75) is 24.8 Å². The van der Waals surface area contributed by atoms with E-state index in [0.29, 0.717) is 39.7 Å². The first-order valence-corrected chi connectivity index (χ1v) is 13.3. The Bertz CT molecular complexity index is 1500. The molecule has 4 nitrogen and oxygen atoms in total. The molecule has 1 fully saturated rings. The van der Waals surface area contributed by atoms with Gasteiger partial charge in [0.1, 0.15) is 11.6 Å². The topological polar surface area (TPSA) is 49.7 Å². The fourth-order valence-corrected chi connectivity index (χ4v) is 6.21. The third kappa shape index (κ3) is 4.41. The molecule has 4 aromatic rings. The number of hydrogen-bond acceptors (Lipinski definition) is 4. The molecular weight excluding hydrogens is 507 g/mol. The third-order valence-corrected chi connectivity index (χ3v) is 8.22. The number of carbonyl (C=O) groups is 2. The molecule has 1 amide bonds. The molecule has 3 aromatic carbocycles. The number of fused-ring (bicyclic) bond motifs is 2. The highest BCUT2D eigenvalue weighted by Crippen LogP contribution is 2.48. The number of halogens is 2. The molecule has 0 spiro atoms. The highest BCUT2D eigenvalue weighted by Gasteiger charge is 2.46. The van der Waals surface area contributed by atoms with E-state index in [0.717, 1.165) is 11.3 Å². The second-order valence-electron chi connectivity index (χ2n) is 9.34. The number of Topliss-reactive ketones (excluding diaryl/α,β-unsaturated/α-hetero) is 1. The van der Waals surface area contributed by atoms with Gasteiger partial charge in [0.05, 0.1) is 28.2 Å². The SMILES string of the molecule is O=C1C[C@H](c2ccc(Cl)cc2)CC2=Nc3ccccc3N(C(=O)c3cccs3)[C@H](c3ccc(F)cc3)[C@H]12. The predicted molar refractivity (Wildman–Crippen MR) is 146 cm³/mol. The minimum atomic E-state index is -0.656. The number of aliphatic imine (C=N–C) groups is 1. The van der Waals surface area contributed by atoms with E-state index < -0.39 is 12.0 Å². The summed E-state index contributed by atoms with van der Waals surface area (Å²) in [6.07, 6.45) is 0.894. The van der Waals surface area contributed by atoms with Crippen LogP contribution in [0.5, 0.6) is 0 Å². The fraction of sp³-hybridized carbons (Fsp3) is 0.167. The summed E-state index contributed by atoms with van der Waals surface area (Å²) in [5.74, 6) is -1.26. The molecule has 184 valence electrons. The van der Waals surface area contributed by atoms with E-state index in [1.807, 2.05) is 60.0 Å². The van der Waals surface area contributed by atoms with Gasteiger partial charge in [-0.05, 0) is 71.3 Å². The third-order valence-electron chi connectivity index (χ3n) is 7.11. The molecule has 0 N–H and O–H groups in total. The van der Waals surface area contributed by atoms with Crippen LogP contribution in [0, 0.1) is 11.7 Å². The van der Waals surface area contributed by atoms with Gasteiger partial charge in [0.2, 0.25) is 0 Å². The van der Waals surface area contributed by atoms with E-state index in [1.54, 1.807) is 23.1 Å². The van der Waals surface area contributed by atoms with Crippen LogP contribution >= 0.6 is 22.9 Å². The van der Waals surface area contributed by atoms with Crippen LogP contribution in [-0.2, 0) is 4.79 Å². The summed E-state index contributed by atoms with van der Waals surface area (Å²) in [7, 11) is 0. The lowest BCUT2D eigenvalue weighted by atomic mass is 9.72. The van der Waals surface area contributed by atoms with Gasteiger partial charge in [-0.25, -0.2) is 4.39 Å². The van der Waals surface area contributed by atoms with Gasteiger partial charge in [-0.2, -0.15) is 0 Å². The zero-order valence-corrected chi connectivity index (χ0v) is 21.3. The summed E-state index contributed by atoms with van der Waals surface area (Å²) < 4.78 is 14.0. The standard InChI is InChI=1S/C30H22ClFN2O2S/c31-21-11-7-18(8-12-21)20-16-24-28(26(35)17-20)29(19-9-13-22(32)14-10-19)34(30(36)27-6-3-15-37-27)25-5-2-1-4-23(25)33-24/h1-15,20,28-29H,16-17H2/t20-,28+,29-/m1/s1. The van der Waals surface area contributed by atoms with E-state index >= 15 is 0 Å². The largest absolute Gasteiger partial charge is 0.299 e. The number of hydrogen-bond donors (Lipinski definition) is 0. The minimum Gasteiger partial charge on any atom is -0.299 e. The summed E-state index contributed by atoms with van der Waals surface area (Å²) in [5.41, 5.74) is 3.73. The van der Waals surface area contributed by atoms with Crippen molar-refractivity contribution in [3.05, 3.63) is 117 Å². The first kappa shape index (κ1) is 23.8. The molecule has 0 saturated heterocycles. The molecule has 2 aliphatic rings. The van der Waals surface area contributed by atoms with E-state index in [-0.39, 0.29) is 23.4 Å². The zero-order valence-electron chi connectivity index (χ0n) is 19.7. The molecule has 3 atom stereocenters. The van der Waals surface area contributed by atoms with Gasteiger partial charge >= 0.3 is 0 Å². The predicted octanol–water partition coefficient (Wildman–Crippen LogP) is 7.78. The number of rotatable bonds is 3. The molecule has 0 bridgehead atoms. The highest BCUT2D eigenvalue weighted by molar-refractivity contribution is 7.12. The fourth-order valence-electron chi connectivity index (χ4n) is 5.42. The zero-order chi connectivity index (χ0) is 25.5. The lowest BCUT2D eigenvalue weighted by molar-refractivity contribution is -0.122. The van der Waals surface area contributed by atoms with Crippen molar-refractivity contribution < 1.29 is 14.0 Å². The average Bonchev–Trinajstić information content (AvgIpc) is 3.39. The molecule has 1 saturated carbocycles. The summed E-state index contributed by atoms with van der Waals surface area (Å²) >= 11 is 7.45. The number of amides is 1. The quantitative estimate of drug-likeness (QED) is 0.272. The van der Waals surface area contributed by atoms with Crippen molar-refractivity contribution in [1.29, 1.82) is 0 Å². The molecule has 0 radical (unpaired) electrons. The van der Waals surface area contributed by atoms with Crippen molar-refractivity contribution in [3.8, 4) is 0 Å². The van der Waals surface area contributed by atoms with E-state index in [2.05, 4.69) is 0 Å². The highest BCUT2D eigenvalue weighted by atomic mass is 35.5. The maximum atomic E-state index is 14.0. The van der Waals surface area contributed by atoms with Gasteiger partial charge in [-0.3, -0.25) is 19.5 Å². The van der Waals surface area contributed by atoms with E-state index in [9.17, 15) is 14.0 Å². The Morgan fingerprint density at radius 1 is 0.919 bits per heavy atom. The second kappa shape index (κ2) is 9.69. The number of anilines is 1. The molecule has 1 aliphatic heterocycles. The molecule has 7 heteroatoms. The van der Waals surface area contributed by atoms with Gasteiger partial charge in [-0.1, -0.05) is 54.1 Å². The van der Waals surface area contributed by atoms with Crippen LogP contribution in [0.3, 0.4) is 0 Å². The number of ketones is 1. The van der Waals surface area contributed by atoms with Crippen molar-refractivity contribution in [2.75, 3.05) is 4.90 Å². The molecule has 1 aromatic heterocycles. The number of carbonyl (C=O) groups excluding carboxylic acids is 2. The van der Waals surface area contributed by atoms with Gasteiger partial charge in [0, 0.05) is 17.2 Å². The lowest BCUT2D eigenvalue weighted by Crippen LogP contribution is -2.45. The number of thiophene rings is 1. The van der Waals surface area contributed by atoms with E-state index in [4.69, 9.17) is 16.6 Å². The Morgan fingerprint density at radius 3 is 2.38 bits per heavy atom. The summed E-state index contributed by atoms with van der Waals surface area (Å²) in [6.45, 7) is 0. The Kier molecular flexibility index (Phi) is 6.22. The van der Waals surface area contributed by atoms with Crippen molar-refractivity contribution in [1.82, 2.24) is 0 Å². The maximum absolute atomic E-state index is 14.0. The Balaban J connectivity index is 1.52. The first-order chi connectivity index (χ1) is 18.0. The lowest BCUT2D eigenvalue weighted by Gasteiger charge is -2.38. The average molecular weight is 529 g/mol. The molecule has 0 unspecified atom stereocenters. The molecule has 2 heterocycles. The Labute approximate surface area is 223 Å². The van der Waals surface area contributed by atoms with Crippen molar-refractivity contribution in [2.24, 2.45) is 10.9 Å². The van der Waals surface area contributed by atoms with Crippen LogP contribution in [0.4, 0.5) is 15.8 Å². The van der Waals surface area contributed by atoms with Crippen LogP contribution < -0.4 is 4.90 Å². The minimum absolute atomic E-state index is 0.0102. The van der Waals surface area contributed by atoms with Crippen LogP contribution in [0.15, 0.2) is 95.3 Å². The van der Waals surface area contributed by atoms with Crippen LogP contribution in [0.25, 0.3) is 0 Å². The van der Waals surface area contributed by atoms with Gasteiger partial charge in [0.25, 0.3) is 5.91 Å². The first-order valence-electron chi connectivity index (χ1n) is 12.1. The normalized spacial score (nSPS) is 21.0. The molecule has 6 rings (SSSR count). The number of para-hydroxylation sites is 2. The summed E-state index contributed by atoms with van der Waals surface area (Å²) in [4.78, 5) is 35.3. The van der Waals surface area contributed by atoms with Gasteiger partial charge in [0.15, 0.2) is 0 Å². The second-order valence-corrected chi connectivity index (χ2v) is 10.7. The van der Waals surface area contributed by atoms with E-state index in [1.165, 1.54) is 23.5 Å². The van der Waals surface area contributed by atoms with Crippen molar-refractivity contribution >= 4 is 51.7 Å². The van der Waals surface area contributed by atoms with Gasteiger partial charge < -0.3 is 0 Å². The monoisotopic (exact) mass is 528 g/mol. The molecule has 37 heavy (non-hydrogen) atoms. The number of benzene rings is 3. The molecule has 1 aliphatic carbocycles. The smallest absolute Gasteiger partial charge is 0.269 e. The maximum Gasteiger partial charge on any atom is 0.269 e.